The third kappa shape index (κ3) is 4.11. The van der Waals surface area contributed by atoms with E-state index in [0.29, 0.717) is 17.8 Å². The number of imidazole rings is 1. The van der Waals surface area contributed by atoms with Crippen molar-refractivity contribution < 1.29 is 4.79 Å². The summed E-state index contributed by atoms with van der Waals surface area (Å²) in [6.07, 6.45) is 3.52. The molecule has 4 rings (SSSR count). The third-order valence-corrected chi connectivity index (χ3v) is 4.99. The lowest BCUT2D eigenvalue weighted by molar-refractivity contribution is 0.0953. The number of hydrogen-bond acceptors (Lipinski definition) is 3. The highest BCUT2D eigenvalue weighted by molar-refractivity contribution is 5.95. The number of carbonyl (C=O) groups is 1. The Kier molecular flexibility index (Phi) is 5.24. The van der Waals surface area contributed by atoms with E-state index in [9.17, 15) is 9.59 Å². The van der Waals surface area contributed by atoms with Crippen LogP contribution in [0, 0.1) is 0 Å². The van der Waals surface area contributed by atoms with Crippen LogP contribution < -0.4 is 11.0 Å². The average Bonchev–Trinajstić information content (AvgIpc) is 3.05. The Morgan fingerprint density at radius 1 is 1.07 bits per heavy atom. The summed E-state index contributed by atoms with van der Waals surface area (Å²) in [5.74, 6) is -0.0945. The fraction of sp³-hybridized carbons (Fsp3) is 0.174. The van der Waals surface area contributed by atoms with Gasteiger partial charge in [0.15, 0.2) is 5.65 Å². The summed E-state index contributed by atoms with van der Waals surface area (Å²) in [6.45, 7) is 0.622. The molecule has 146 valence electrons. The summed E-state index contributed by atoms with van der Waals surface area (Å²) >= 11 is 0. The summed E-state index contributed by atoms with van der Waals surface area (Å²) in [6, 6.07) is 19.6. The van der Waals surface area contributed by atoms with Gasteiger partial charge in [0, 0.05) is 30.9 Å². The van der Waals surface area contributed by atoms with Gasteiger partial charge in [-0.15, -0.1) is 0 Å². The molecule has 6 nitrogen and oxygen atoms in total. The maximum absolute atomic E-state index is 12.5. The Bertz CT molecular complexity index is 1210. The van der Waals surface area contributed by atoms with Crippen molar-refractivity contribution in [3.05, 3.63) is 88.5 Å². The van der Waals surface area contributed by atoms with E-state index in [2.05, 4.69) is 27.4 Å². The lowest BCUT2D eigenvalue weighted by Crippen LogP contribution is -2.24. The van der Waals surface area contributed by atoms with Crippen LogP contribution in [0.3, 0.4) is 0 Å². The third-order valence-electron chi connectivity index (χ3n) is 4.99. The number of rotatable bonds is 6. The van der Waals surface area contributed by atoms with Crippen LogP contribution in [0.15, 0.2) is 71.7 Å². The number of hydrogen-bond donors (Lipinski definition) is 2. The number of aromatic amines is 1. The summed E-state index contributed by atoms with van der Waals surface area (Å²) < 4.78 is 1.52. The second kappa shape index (κ2) is 8.14. The normalized spacial score (nSPS) is 10.9. The summed E-state index contributed by atoms with van der Waals surface area (Å²) in [7, 11) is 1.70. The molecule has 2 aromatic carbocycles. The fourth-order valence-electron chi connectivity index (χ4n) is 3.34. The molecule has 0 bridgehead atoms. The van der Waals surface area contributed by atoms with Crippen LogP contribution in [-0.4, -0.2) is 27.0 Å². The molecule has 6 heteroatoms. The van der Waals surface area contributed by atoms with Gasteiger partial charge in [0.2, 0.25) is 0 Å². The number of fused-ring (bicyclic) bond motifs is 1. The monoisotopic (exact) mass is 386 g/mol. The quantitative estimate of drug-likeness (QED) is 0.499. The highest BCUT2D eigenvalue weighted by Crippen LogP contribution is 2.22. The van der Waals surface area contributed by atoms with Crippen LogP contribution in [0.25, 0.3) is 22.3 Å². The van der Waals surface area contributed by atoms with Gasteiger partial charge in [-0.3, -0.25) is 14.3 Å². The van der Waals surface area contributed by atoms with Crippen molar-refractivity contribution in [1.82, 2.24) is 19.9 Å². The molecule has 2 aromatic heterocycles. The van der Waals surface area contributed by atoms with Crippen LogP contribution >= 0.6 is 0 Å². The van der Waals surface area contributed by atoms with Crippen molar-refractivity contribution in [2.24, 2.45) is 7.05 Å². The molecule has 0 aliphatic carbocycles. The van der Waals surface area contributed by atoms with Gasteiger partial charge in [-0.2, -0.15) is 0 Å². The lowest BCUT2D eigenvalue weighted by Gasteiger charge is -2.08. The van der Waals surface area contributed by atoms with Crippen molar-refractivity contribution in [3.63, 3.8) is 0 Å². The van der Waals surface area contributed by atoms with Crippen LogP contribution in [0.4, 0.5) is 0 Å². The van der Waals surface area contributed by atoms with Gasteiger partial charge in [0.1, 0.15) is 0 Å². The molecule has 29 heavy (non-hydrogen) atoms. The van der Waals surface area contributed by atoms with E-state index in [-0.39, 0.29) is 11.6 Å². The second-order valence-corrected chi connectivity index (χ2v) is 7.01. The highest BCUT2D eigenvalue weighted by Gasteiger charge is 2.10. The van der Waals surface area contributed by atoms with Crippen LogP contribution in [0.2, 0.25) is 0 Å². The van der Waals surface area contributed by atoms with E-state index in [0.717, 1.165) is 29.5 Å². The second-order valence-electron chi connectivity index (χ2n) is 7.01. The standard InChI is InChI=1S/C23H22N4O2/c1-27-20-14-19(15-25-21(20)26-23(27)29)17-10-5-11-18(13-17)22(28)24-12-6-9-16-7-3-2-4-8-16/h2-5,7-8,10-11,13-15H,6,9,12H2,1H3,(H,24,28)(H,25,26,29). The van der Waals surface area contributed by atoms with Gasteiger partial charge in [-0.05, 0) is 42.2 Å². The van der Waals surface area contributed by atoms with E-state index in [1.165, 1.54) is 10.1 Å². The molecule has 0 atom stereocenters. The Morgan fingerprint density at radius 2 is 1.90 bits per heavy atom. The van der Waals surface area contributed by atoms with E-state index < -0.39 is 0 Å². The van der Waals surface area contributed by atoms with Gasteiger partial charge in [-0.25, -0.2) is 9.78 Å². The molecule has 0 aliphatic heterocycles. The molecule has 0 saturated heterocycles. The Labute approximate surface area is 168 Å². The molecule has 2 heterocycles. The number of carbonyl (C=O) groups excluding carboxylic acids is 1. The van der Waals surface area contributed by atoms with Crippen molar-refractivity contribution in [2.75, 3.05) is 6.54 Å². The number of H-pyrrole nitrogens is 1. The molecule has 0 aliphatic rings. The number of benzene rings is 2. The average molecular weight is 386 g/mol. The minimum atomic E-state index is -0.201. The highest BCUT2D eigenvalue weighted by atomic mass is 16.2. The van der Waals surface area contributed by atoms with Crippen molar-refractivity contribution in [2.45, 2.75) is 12.8 Å². The number of nitrogens with zero attached hydrogens (tertiary/aromatic N) is 2. The predicted octanol–water partition coefficient (Wildman–Crippen LogP) is 3.29. The minimum absolute atomic E-state index is 0.0945. The first-order valence-corrected chi connectivity index (χ1v) is 9.59. The van der Waals surface area contributed by atoms with E-state index in [1.54, 1.807) is 19.3 Å². The maximum Gasteiger partial charge on any atom is 0.327 e. The van der Waals surface area contributed by atoms with Gasteiger partial charge in [-0.1, -0.05) is 42.5 Å². The first-order chi connectivity index (χ1) is 14.1. The molecule has 0 radical (unpaired) electrons. The molecule has 2 N–H and O–H groups in total. The fourth-order valence-corrected chi connectivity index (χ4v) is 3.34. The summed E-state index contributed by atoms with van der Waals surface area (Å²) in [5, 5.41) is 2.98. The zero-order valence-corrected chi connectivity index (χ0v) is 16.2. The number of amides is 1. The van der Waals surface area contributed by atoms with Crippen LogP contribution in [-0.2, 0) is 13.5 Å². The first kappa shape index (κ1) is 18.7. The van der Waals surface area contributed by atoms with Gasteiger partial charge in [0.25, 0.3) is 5.91 Å². The SMILES string of the molecule is Cn1c(=O)[nH]c2ncc(-c3cccc(C(=O)NCCCc4ccccc4)c3)cc21. The largest absolute Gasteiger partial charge is 0.352 e. The number of aromatic nitrogens is 3. The van der Waals surface area contributed by atoms with Gasteiger partial charge >= 0.3 is 5.69 Å². The maximum atomic E-state index is 12.5. The van der Waals surface area contributed by atoms with Crippen molar-refractivity contribution in [1.29, 1.82) is 0 Å². The number of pyridine rings is 1. The van der Waals surface area contributed by atoms with Crippen molar-refractivity contribution in [3.8, 4) is 11.1 Å². The number of nitrogens with one attached hydrogen (secondary N) is 2. The zero-order chi connectivity index (χ0) is 20.2. The number of aryl methyl sites for hydroxylation is 2. The van der Waals surface area contributed by atoms with E-state index >= 15 is 0 Å². The summed E-state index contributed by atoms with van der Waals surface area (Å²) in [4.78, 5) is 31.3. The topological polar surface area (TPSA) is 79.8 Å². The van der Waals surface area contributed by atoms with E-state index in [4.69, 9.17) is 0 Å². The molecule has 0 unspecified atom stereocenters. The zero-order valence-electron chi connectivity index (χ0n) is 16.2. The molecule has 0 fully saturated rings. The van der Waals surface area contributed by atoms with Crippen molar-refractivity contribution >= 4 is 17.1 Å². The molecule has 4 aromatic rings. The molecular formula is C23H22N4O2. The molecular weight excluding hydrogens is 364 g/mol. The minimum Gasteiger partial charge on any atom is -0.352 e. The van der Waals surface area contributed by atoms with Gasteiger partial charge in [0.05, 0.1) is 5.52 Å². The molecule has 0 spiro atoms. The smallest absolute Gasteiger partial charge is 0.327 e. The van der Waals surface area contributed by atoms with Gasteiger partial charge < -0.3 is 5.32 Å². The molecule has 0 saturated carbocycles. The first-order valence-electron chi connectivity index (χ1n) is 9.59. The summed E-state index contributed by atoms with van der Waals surface area (Å²) in [5.41, 5.74) is 4.68. The Morgan fingerprint density at radius 3 is 2.72 bits per heavy atom. The van der Waals surface area contributed by atoms with Crippen LogP contribution in [0.1, 0.15) is 22.3 Å². The Balaban J connectivity index is 1.44. The lowest BCUT2D eigenvalue weighted by atomic mass is 10.0. The van der Waals surface area contributed by atoms with Crippen LogP contribution in [0.5, 0.6) is 0 Å². The molecule has 1 amide bonds. The Hall–Kier alpha value is -3.67. The predicted molar refractivity (Wildman–Crippen MR) is 114 cm³/mol. The van der Waals surface area contributed by atoms with E-state index in [1.807, 2.05) is 42.5 Å².